The lowest BCUT2D eigenvalue weighted by Crippen LogP contribution is -2.52. The molecule has 0 unspecified atom stereocenters. The molecule has 2 heterocycles. The molecule has 24 heavy (non-hydrogen) atoms. The van der Waals surface area contributed by atoms with Gasteiger partial charge in [-0.25, -0.2) is 4.98 Å². The molecular weight excluding hydrogens is 324 g/mol. The smallest absolute Gasteiger partial charge is 0.271 e. The summed E-state index contributed by atoms with van der Waals surface area (Å²) in [4.78, 5) is 32.0. The van der Waals surface area contributed by atoms with Crippen LogP contribution in [0.5, 0.6) is 0 Å². The summed E-state index contributed by atoms with van der Waals surface area (Å²) in [6.07, 6.45) is 10.0. The lowest BCUT2D eigenvalue weighted by atomic mass is 9.88. The van der Waals surface area contributed by atoms with Gasteiger partial charge in [-0.05, 0) is 26.9 Å². The van der Waals surface area contributed by atoms with Crippen LogP contribution in [0.1, 0.15) is 48.9 Å². The maximum atomic E-state index is 12.5. The van der Waals surface area contributed by atoms with Gasteiger partial charge in [-0.2, -0.15) is 0 Å². The largest absolute Gasteiger partial charge is 0.350 e. The minimum atomic E-state index is -0.335. The van der Waals surface area contributed by atoms with Gasteiger partial charge in [0.15, 0.2) is 4.96 Å². The van der Waals surface area contributed by atoms with Gasteiger partial charge in [0.25, 0.3) is 11.5 Å². The fourth-order valence-corrected chi connectivity index (χ4v) is 4.16. The SMILES string of the molecule is CN(C)C1(CNC(=O)c2cnc3sccn3c2=O)CCCCCC1. The number of amides is 1. The van der Waals surface area contributed by atoms with Gasteiger partial charge in [-0.15, -0.1) is 11.3 Å². The van der Waals surface area contributed by atoms with Crippen LogP contribution in [-0.2, 0) is 0 Å². The molecule has 130 valence electrons. The molecular formula is C17H24N4O2S. The van der Waals surface area contributed by atoms with Gasteiger partial charge in [0.1, 0.15) is 5.56 Å². The fourth-order valence-electron chi connectivity index (χ4n) is 3.49. The second kappa shape index (κ2) is 7.03. The molecule has 0 aliphatic heterocycles. The highest BCUT2D eigenvalue weighted by atomic mass is 32.1. The van der Waals surface area contributed by atoms with E-state index in [9.17, 15) is 9.59 Å². The van der Waals surface area contributed by atoms with E-state index in [0.29, 0.717) is 11.5 Å². The summed E-state index contributed by atoms with van der Waals surface area (Å²) in [5.74, 6) is -0.335. The van der Waals surface area contributed by atoms with E-state index >= 15 is 0 Å². The zero-order valence-electron chi connectivity index (χ0n) is 14.2. The Morgan fingerprint density at radius 3 is 2.71 bits per heavy atom. The molecule has 0 bridgehead atoms. The number of carbonyl (C=O) groups is 1. The number of carbonyl (C=O) groups excluding carboxylic acids is 1. The highest BCUT2D eigenvalue weighted by Gasteiger charge is 2.33. The van der Waals surface area contributed by atoms with Crippen molar-refractivity contribution in [3.05, 3.63) is 33.7 Å². The molecule has 2 aromatic rings. The average molecular weight is 348 g/mol. The van der Waals surface area contributed by atoms with Gasteiger partial charge >= 0.3 is 0 Å². The van der Waals surface area contributed by atoms with Crippen LogP contribution >= 0.6 is 11.3 Å². The molecule has 7 heteroatoms. The van der Waals surface area contributed by atoms with Crippen molar-refractivity contribution in [3.8, 4) is 0 Å². The Labute approximate surface area is 145 Å². The van der Waals surface area contributed by atoms with Crippen molar-refractivity contribution in [2.24, 2.45) is 0 Å². The summed E-state index contributed by atoms with van der Waals surface area (Å²) in [7, 11) is 4.15. The third-order valence-electron chi connectivity index (χ3n) is 5.15. The molecule has 1 aliphatic rings. The van der Waals surface area contributed by atoms with Crippen LogP contribution < -0.4 is 10.9 Å². The van der Waals surface area contributed by atoms with Gasteiger partial charge in [0, 0.05) is 29.9 Å². The van der Waals surface area contributed by atoms with Crippen LogP contribution in [0.3, 0.4) is 0 Å². The monoisotopic (exact) mass is 348 g/mol. The predicted molar refractivity (Wildman–Crippen MR) is 95.8 cm³/mol. The van der Waals surface area contributed by atoms with Crippen molar-refractivity contribution in [1.82, 2.24) is 19.6 Å². The quantitative estimate of drug-likeness (QED) is 0.860. The lowest BCUT2D eigenvalue weighted by molar-refractivity contribution is 0.0867. The van der Waals surface area contributed by atoms with Crippen LogP contribution in [0.15, 0.2) is 22.6 Å². The van der Waals surface area contributed by atoms with Crippen molar-refractivity contribution in [3.63, 3.8) is 0 Å². The highest BCUT2D eigenvalue weighted by Crippen LogP contribution is 2.30. The molecule has 0 radical (unpaired) electrons. The van der Waals surface area contributed by atoms with E-state index in [1.807, 2.05) is 0 Å². The minimum absolute atomic E-state index is 0.0255. The first-order valence-corrected chi connectivity index (χ1v) is 9.32. The molecule has 0 atom stereocenters. The van der Waals surface area contributed by atoms with E-state index in [4.69, 9.17) is 0 Å². The predicted octanol–water partition coefficient (Wildman–Crippen LogP) is 2.14. The number of nitrogens with one attached hydrogen (secondary N) is 1. The molecule has 0 spiro atoms. The van der Waals surface area contributed by atoms with Crippen LogP contribution in [-0.4, -0.2) is 46.4 Å². The van der Waals surface area contributed by atoms with Gasteiger partial charge < -0.3 is 10.2 Å². The van der Waals surface area contributed by atoms with Crippen LogP contribution in [0.2, 0.25) is 0 Å². The molecule has 0 aromatic carbocycles. The van der Waals surface area contributed by atoms with E-state index in [2.05, 4.69) is 29.3 Å². The molecule has 6 nitrogen and oxygen atoms in total. The van der Waals surface area contributed by atoms with Crippen LogP contribution in [0.25, 0.3) is 4.96 Å². The Hall–Kier alpha value is -1.73. The molecule has 1 N–H and O–H groups in total. The normalized spacial score (nSPS) is 17.8. The maximum Gasteiger partial charge on any atom is 0.271 e. The Morgan fingerprint density at radius 1 is 1.33 bits per heavy atom. The third-order valence-corrected chi connectivity index (χ3v) is 5.92. The fraction of sp³-hybridized carbons (Fsp3) is 0.588. The summed E-state index contributed by atoms with van der Waals surface area (Å²) in [5.41, 5.74) is -0.227. The zero-order valence-corrected chi connectivity index (χ0v) is 15.1. The van der Waals surface area contributed by atoms with Gasteiger partial charge in [-0.1, -0.05) is 25.7 Å². The van der Waals surface area contributed by atoms with E-state index in [-0.39, 0.29) is 22.6 Å². The van der Waals surface area contributed by atoms with Gasteiger partial charge in [0.2, 0.25) is 0 Å². The lowest BCUT2D eigenvalue weighted by Gasteiger charge is -2.39. The first-order chi connectivity index (χ1) is 11.5. The molecule has 1 saturated carbocycles. The number of likely N-dealkylation sites (N-methyl/N-ethyl adjacent to an activating group) is 1. The number of rotatable bonds is 4. The first-order valence-electron chi connectivity index (χ1n) is 8.44. The Morgan fingerprint density at radius 2 is 2.04 bits per heavy atom. The van der Waals surface area contributed by atoms with Crippen molar-refractivity contribution in [1.29, 1.82) is 0 Å². The van der Waals surface area contributed by atoms with Crippen molar-refractivity contribution in [2.45, 2.75) is 44.1 Å². The summed E-state index contributed by atoms with van der Waals surface area (Å²) < 4.78 is 1.42. The second-order valence-corrected chi connectivity index (χ2v) is 7.62. The average Bonchev–Trinajstić information content (AvgIpc) is 2.91. The van der Waals surface area contributed by atoms with Gasteiger partial charge in [-0.3, -0.25) is 14.0 Å². The number of nitrogens with zero attached hydrogens (tertiary/aromatic N) is 3. The Balaban J connectivity index is 1.77. The number of thiazole rings is 1. The molecule has 2 aromatic heterocycles. The van der Waals surface area contributed by atoms with Gasteiger partial charge in [0.05, 0.1) is 0 Å². The molecule has 1 fully saturated rings. The van der Waals surface area contributed by atoms with E-state index in [1.54, 1.807) is 11.6 Å². The van der Waals surface area contributed by atoms with E-state index < -0.39 is 0 Å². The number of aromatic nitrogens is 2. The number of fused-ring (bicyclic) bond motifs is 1. The summed E-state index contributed by atoms with van der Waals surface area (Å²) in [6, 6.07) is 0. The first kappa shape index (κ1) is 17.1. The number of hydrogen-bond acceptors (Lipinski definition) is 5. The van der Waals surface area contributed by atoms with Crippen LogP contribution in [0.4, 0.5) is 0 Å². The third kappa shape index (κ3) is 3.23. The Kier molecular flexibility index (Phi) is 5.01. The molecule has 1 aliphatic carbocycles. The second-order valence-electron chi connectivity index (χ2n) is 6.75. The minimum Gasteiger partial charge on any atom is -0.350 e. The van der Waals surface area contributed by atoms with Crippen molar-refractivity contribution >= 4 is 22.2 Å². The molecule has 3 rings (SSSR count). The Bertz CT molecular complexity index is 772. The summed E-state index contributed by atoms with van der Waals surface area (Å²) in [5, 5.41) is 4.78. The van der Waals surface area contributed by atoms with Crippen LogP contribution in [0, 0.1) is 0 Å². The summed E-state index contributed by atoms with van der Waals surface area (Å²) in [6.45, 7) is 0.560. The topological polar surface area (TPSA) is 66.7 Å². The van der Waals surface area contributed by atoms with Crippen molar-refractivity contribution < 1.29 is 4.79 Å². The summed E-state index contributed by atoms with van der Waals surface area (Å²) >= 11 is 1.38. The van der Waals surface area contributed by atoms with E-state index in [1.165, 1.54) is 47.6 Å². The standard InChI is InChI=1S/C17H24N4O2S/c1-20(2)17(7-5-3-4-6-8-17)12-19-14(22)13-11-18-16-21(15(13)23)9-10-24-16/h9-11H,3-8,12H2,1-2H3,(H,19,22). The maximum absolute atomic E-state index is 12.5. The van der Waals surface area contributed by atoms with E-state index in [0.717, 1.165) is 12.8 Å². The van der Waals surface area contributed by atoms with Crippen molar-refractivity contribution in [2.75, 3.05) is 20.6 Å². The molecule has 1 amide bonds. The zero-order chi connectivity index (χ0) is 17.2. The highest BCUT2D eigenvalue weighted by molar-refractivity contribution is 7.15. The molecule has 0 saturated heterocycles. The number of hydrogen-bond donors (Lipinski definition) is 1.